The predicted octanol–water partition coefficient (Wildman–Crippen LogP) is 4.04. The summed E-state index contributed by atoms with van der Waals surface area (Å²) < 4.78 is 4.62. The zero-order chi connectivity index (χ0) is 11.2. The highest BCUT2D eigenvalue weighted by atomic mass is 35.5. The number of hydrogen-bond donors (Lipinski definition) is 0. The standard InChI is InChI=1S/C14H17ClO/c15-16-11-5-10-14(12-6-1-2-7-12)13-8-3-4-9-13/h1-4,6-9,12-14H,5,10-11H2. The summed E-state index contributed by atoms with van der Waals surface area (Å²) in [6, 6.07) is 0. The van der Waals surface area contributed by atoms with Gasteiger partial charge in [0, 0.05) is 0 Å². The van der Waals surface area contributed by atoms with Gasteiger partial charge in [-0.15, -0.1) is 0 Å². The van der Waals surface area contributed by atoms with Crippen LogP contribution >= 0.6 is 11.9 Å². The lowest BCUT2D eigenvalue weighted by Gasteiger charge is -2.25. The van der Waals surface area contributed by atoms with Crippen molar-refractivity contribution < 1.29 is 4.29 Å². The van der Waals surface area contributed by atoms with E-state index in [1.54, 1.807) is 0 Å². The van der Waals surface area contributed by atoms with Gasteiger partial charge in [-0.05, 0) is 30.6 Å². The lowest BCUT2D eigenvalue weighted by molar-refractivity contribution is 0.290. The summed E-state index contributed by atoms with van der Waals surface area (Å²) in [5.74, 6) is 1.76. The van der Waals surface area contributed by atoms with Crippen molar-refractivity contribution >= 4 is 11.9 Å². The molecular formula is C14H17ClO. The van der Waals surface area contributed by atoms with Crippen LogP contribution in [-0.2, 0) is 4.29 Å². The van der Waals surface area contributed by atoms with Gasteiger partial charge in [-0.1, -0.05) is 48.6 Å². The van der Waals surface area contributed by atoms with E-state index >= 15 is 0 Å². The molecule has 86 valence electrons. The van der Waals surface area contributed by atoms with E-state index < -0.39 is 0 Å². The molecule has 0 heterocycles. The molecule has 0 spiro atoms. The third kappa shape index (κ3) is 2.87. The summed E-state index contributed by atoms with van der Waals surface area (Å²) in [5, 5.41) is 0. The van der Waals surface area contributed by atoms with Crippen LogP contribution in [0.3, 0.4) is 0 Å². The Balaban J connectivity index is 1.95. The van der Waals surface area contributed by atoms with Gasteiger partial charge in [0.1, 0.15) is 0 Å². The molecule has 1 nitrogen and oxygen atoms in total. The van der Waals surface area contributed by atoms with Gasteiger partial charge in [-0.2, -0.15) is 0 Å². The van der Waals surface area contributed by atoms with Crippen molar-refractivity contribution in [1.82, 2.24) is 0 Å². The maximum Gasteiger partial charge on any atom is 0.0682 e. The second kappa shape index (κ2) is 6.07. The molecule has 0 aromatic rings. The zero-order valence-corrected chi connectivity index (χ0v) is 10.0. The Morgan fingerprint density at radius 1 is 0.938 bits per heavy atom. The van der Waals surface area contributed by atoms with E-state index in [2.05, 4.69) is 52.9 Å². The van der Waals surface area contributed by atoms with Crippen LogP contribution in [0.1, 0.15) is 12.8 Å². The van der Waals surface area contributed by atoms with E-state index in [4.69, 9.17) is 11.9 Å². The van der Waals surface area contributed by atoms with E-state index in [1.807, 2.05) is 0 Å². The average molecular weight is 237 g/mol. The van der Waals surface area contributed by atoms with E-state index in [9.17, 15) is 0 Å². The van der Waals surface area contributed by atoms with Crippen molar-refractivity contribution in [3.8, 4) is 0 Å². The summed E-state index contributed by atoms with van der Waals surface area (Å²) in [7, 11) is 0. The predicted molar refractivity (Wildman–Crippen MR) is 68.1 cm³/mol. The van der Waals surface area contributed by atoms with Crippen LogP contribution in [0.15, 0.2) is 48.6 Å². The minimum absolute atomic E-state index is 0.563. The van der Waals surface area contributed by atoms with E-state index in [-0.39, 0.29) is 0 Å². The molecule has 0 aromatic carbocycles. The molecule has 2 heteroatoms. The first-order valence-electron chi connectivity index (χ1n) is 5.85. The normalized spacial score (nSPS) is 19.6. The van der Waals surface area contributed by atoms with Crippen LogP contribution in [-0.4, -0.2) is 6.61 Å². The lowest BCUT2D eigenvalue weighted by atomic mass is 9.80. The SMILES string of the molecule is ClOCCCC(C1C=CC=C1)C1C=CC=C1. The fourth-order valence-corrected chi connectivity index (χ4v) is 2.59. The fraction of sp³-hybridized carbons (Fsp3) is 0.429. The molecule has 0 N–H and O–H groups in total. The average Bonchev–Trinajstić information content (AvgIpc) is 2.97. The summed E-state index contributed by atoms with van der Waals surface area (Å²) in [6.07, 6.45) is 19.8. The number of allylic oxidation sites excluding steroid dienone is 8. The van der Waals surface area contributed by atoms with Gasteiger partial charge < -0.3 is 0 Å². The molecule has 2 rings (SSSR count). The van der Waals surface area contributed by atoms with Crippen LogP contribution in [0.4, 0.5) is 0 Å². The van der Waals surface area contributed by atoms with Gasteiger partial charge in [0.25, 0.3) is 0 Å². The molecule has 2 aliphatic carbocycles. The Hall–Kier alpha value is -0.790. The molecule has 0 saturated heterocycles. The molecule has 0 unspecified atom stereocenters. The van der Waals surface area contributed by atoms with Crippen LogP contribution in [0.5, 0.6) is 0 Å². The molecule has 0 saturated carbocycles. The first-order valence-corrected chi connectivity index (χ1v) is 6.16. The van der Waals surface area contributed by atoms with Gasteiger partial charge in [-0.25, -0.2) is 0 Å². The molecule has 0 bridgehead atoms. The molecule has 0 aromatic heterocycles. The van der Waals surface area contributed by atoms with Crippen LogP contribution in [0, 0.1) is 17.8 Å². The number of hydrogen-bond acceptors (Lipinski definition) is 1. The fourth-order valence-electron chi connectivity index (χ4n) is 2.48. The van der Waals surface area contributed by atoms with E-state index in [0.29, 0.717) is 24.4 Å². The summed E-state index contributed by atoms with van der Waals surface area (Å²) >= 11 is 5.25. The second-order valence-corrected chi connectivity index (χ2v) is 4.53. The topological polar surface area (TPSA) is 9.23 Å². The van der Waals surface area contributed by atoms with Crippen molar-refractivity contribution in [2.24, 2.45) is 17.8 Å². The minimum Gasteiger partial charge on any atom is -0.279 e. The van der Waals surface area contributed by atoms with Gasteiger partial charge in [0.15, 0.2) is 0 Å². The van der Waals surface area contributed by atoms with Crippen molar-refractivity contribution in [1.29, 1.82) is 0 Å². The second-order valence-electron chi connectivity index (χ2n) is 4.31. The Morgan fingerprint density at radius 2 is 1.44 bits per heavy atom. The third-order valence-electron chi connectivity index (χ3n) is 3.30. The quantitative estimate of drug-likeness (QED) is 0.633. The molecule has 0 fully saturated rings. The monoisotopic (exact) mass is 236 g/mol. The van der Waals surface area contributed by atoms with Crippen LogP contribution in [0.2, 0.25) is 0 Å². The van der Waals surface area contributed by atoms with E-state index in [0.717, 1.165) is 12.8 Å². The van der Waals surface area contributed by atoms with Gasteiger partial charge in [-0.3, -0.25) is 4.29 Å². The Labute approximate surface area is 102 Å². The van der Waals surface area contributed by atoms with Gasteiger partial charge in [0.2, 0.25) is 0 Å². The summed E-state index contributed by atoms with van der Waals surface area (Å²) in [6.45, 7) is 0.637. The molecule has 2 aliphatic rings. The molecule has 0 radical (unpaired) electrons. The number of rotatable bonds is 6. The maximum absolute atomic E-state index is 5.25. The highest BCUT2D eigenvalue weighted by Crippen LogP contribution is 2.33. The molecule has 0 aliphatic heterocycles. The summed E-state index contributed by atoms with van der Waals surface area (Å²) in [4.78, 5) is 0. The first-order chi connectivity index (χ1) is 7.92. The Bertz CT molecular complexity index is 276. The Morgan fingerprint density at radius 3 is 1.88 bits per heavy atom. The lowest BCUT2D eigenvalue weighted by Crippen LogP contribution is -2.18. The highest BCUT2D eigenvalue weighted by Gasteiger charge is 2.24. The number of halogens is 1. The molecule has 16 heavy (non-hydrogen) atoms. The van der Waals surface area contributed by atoms with Crippen LogP contribution in [0.25, 0.3) is 0 Å². The zero-order valence-electron chi connectivity index (χ0n) is 9.26. The van der Waals surface area contributed by atoms with E-state index in [1.165, 1.54) is 0 Å². The van der Waals surface area contributed by atoms with Crippen LogP contribution < -0.4 is 0 Å². The first kappa shape index (κ1) is 11.7. The van der Waals surface area contributed by atoms with Crippen molar-refractivity contribution in [3.05, 3.63) is 48.6 Å². The molecule has 0 amide bonds. The van der Waals surface area contributed by atoms with Crippen molar-refractivity contribution in [2.75, 3.05) is 6.61 Å². The minimum atomic E-state index is 0.563. The largest absolute Gasteiger partial charge is 0.279 e. The molecule has 0 atom stereocenters. The van der Waals surface area contributed by atoms with Crippen molar-refractivity contribution in [2.45, 2.75) is 12.8 Å². The smallest absolute Gasteiger partial charge is 0.0682 e. The highest BCUT2D eigenvalue weighted by molar-refractivity contribution is 6.07. The third-order valence-corrected chi connectivity index (χ3v) is 3.46. The molecular weight excluding hydrogens is 220 g/mol. The van der Waals surface area contributed by atoms with Gasteiger partial charge in [0.05, 0.1) is 18.5 Å². The maximum atomic E-state index is 5.25. The summed E-state index contributed by atoms with van der Waals surface area (Å²) in [5.41, 5.74) is 0. The van der Waals surface area contributed by atoms with Gasteiger partial charge >= 0.3 is 0 Å². The van der Waals surface area contributed by atoms with Crippen molar-refractivity contribution in [3.63, 3.8) is 0 Å². The Kier molecular flexibility index (Phi) is 4.44.